The van der Waals surface area contributed by atoms with E-state index >= 15 is 0 Å². The summed E-state index contributed by atoms with van der Waals surface area (Å²) in [6.45, 7) is 6.56. The molecule has 0 aromatic heterocycles. The molecule has 1 amide bonds. The molecule has 1 saturated heterocycles. The molecule has 4 heteroatoms. The van der Waals surface area contributed by atoms with E-state index in [1.165, 1.54) is 17.3 Å². The minimum atomic E-state index is 0.0803. The van der Waals surface area contributed by atoms with E-state index in [0.29, 0.717) is 18.9 Å². The Morgan fingerprint density at radius 3 is 2.60 bits per heavy atom. The number of anilines is 1. The molecule has 0 N–H and O–H groups in total. The molecule has 1 fully saturated rings. The molecule has 1 aliphatic heterocycles. The van der Waals surface area contributed by atoms with Crippen LogP contribution in [0.5, 0.6) is 0 Å². The summed E-state index contributed by atoms with van der Waals surface area (Å²) < 4.78 is 0. The van der Waals surface area contributed by atoms with Crippen molar-refractivity contribution in [3.8, 4) is 0 Å². The number of carbonyl (C=O) groups is 2. The third-order valence-corrected chi connectivity index (χ3v) is 4.79. The van der Waals surface area contributed by atoms with Crippen LogP contribution in [0.25, 0.3) is 0 Å². The van der Waals surface area contributed by atoms with E-state index in [4.69, 9.17) is 0 Å². The first-order chi connectivity index (χ1) is 9.51. The van der Waals surface area contributed by atoms with Crippen molar-refractivity contribution in [2.24, 2.45) is 0 Å². The van der Waals surface area contributed by atoms with E-state index in [2.05, 4.69) is 26.0 Å². The van der Waals surface area contributed by atoms with E-state index in [0.717, 1.165) is 12.1 Å². The maximum atomic E-state index is 12.0. The van der Waals surface area contributed by atoms with Crippen LogP contribution < -0.4 is 4.90 Å². The van der Waals surface area contributed by atoms with Crippen molar-refractivity contribution in [1.29, 1.82) is 0 Å². The van der Waals surface area contributed by atoms with Crippen molar-refractivity contribution in [1.82, 2.24) is 0 Å². The average Bonchev–Trinajstić information content (AvgIpc) is 2.78. The molecule has 2 rings (SSSR count). The molecule has 108 valence electrons. The Morgan fingerprint density at radius 1 is 1.40 bits per heavy atom. The number of hydrogen-bond acceptors (Lipinski definition) is 3. The second-order valence-corrected chi connectivity index (χ2v) is 6.82. The lowest BCUT2D eigenvalue weighted by Crippen LogP contribution is -2.24. The Kier molecular flexibility index (Phi) is 4.86. The van der Waals surface area contributed by atoms with Gasteiger partial charge in [-0.3, -0.25) is 9.59 Å². The Balaban J connectivity index is 2.08. The molecular weight excluding hydrogens is 270 g/mol. The molecule has 3 nitrogen and oxygen atoms in total. The molecule has 1 aromatic rings. The molecule has 2 atom stereocenters. The highest BCUT2D eigenvalue weighted by molar-refractivity contribution is 8.14. The fourth-order valence-electron chi connectivity index (χ4n) is 2.46. The second kappa shape index (κ2) is 6.44. The molecular formula is C16H21NO2S. The number of rotatable bonds is 4. The van der Waals surface area contributed by atoms with Crippen molar-refractivity contribution in [2.45, 2.75) is 44.8 Å². The van der Waals surface area contributed by atoms with Gasteiger partial charge in [0.1, 0.15) is 0 Å². The minimum absolute atomic E-state index is 0.0803. The first-order valence-corrected chi connectivity index (χ1v) is 7.96. The molecule has 0 aliphatic carbocycles. The highest BCUT2D eigenvalue weighted by Gasteiger charge is 2.31. The predicted molar refractivity (Wildman–Crippen MR) is 84.2 cm³/mol. The molecule has 1 aromatic carbocycles. The van der Waals surface area contributed by atoms with Crippen LogP contribution in [0.1, 0.15) is 45.1 Å². The molecule has 0 spiro atoms. The molecule has 0 radical (unpaired) electrons. The smallest absolute Gasteiger partial charge is 0.228 e. The van der Waals surface area contributed by atoms with Gasteiger partial charge in [-0.2, -0.15) is 0 Å². The SMILES string of the molecule is CCC(C)c1ccc(N2CC(SC(C)=O)CC2=O)cc1. The van der Waals surface area contributed by atoms with Gasteiger partial charge in [0.05, 0.1) is 0 Å². The van der Waals surface area contributed by atoms with Crippen LogP contribution in [0.15, 0.2) is 24.3 Å². The number of hydrogen-bond donors (Lipinski definition) is 0. The number of benzene rings is 1. The fraction of sp³-hybridized carbons (Fsp3) is 0.500. The zero-order chi connectivity index (χ0) is 14.7. The molecule has 0 saturated carbocycles. The molecule has 1 aliphatic rings. The third-order valence-electron chi connectivity index (χ3n) is 3.81. The highest BCUT2D eigenvalue weighted by Crippen LogP contribution is 2.29. The van der Waals surface area contributed by atoms with Crippen LogP contribution in [0.3, 0.4) is 0 Å². The average molecular weight is 291 g/mol. The third kappa shape index (κ3) is 3.42. The summed E-state index contributed by atoms with van der Waals surface area (Å²) in [5.41, 5.74) is 2.24. The summed E-state index contributed by atoms with van der Waals surface area (Å²) >= 11 is 1.27. The van der Waals surface area contributed by atoms with Crippen molar-refractivity contribution < 1.29 is 9.59 Å². The number of thioether (sulfide) groups is 1. The molecule has 20 heavy (non-hydrogen) atoms. The lowest BCUT2D eigenvalue weighted by molar-refractivity contribution is -0.117. The van der Waals surface area contributed by atoms with Crippen LogP contribution >= 0.6 is 11.8 Å². The molecule has 1 heterocycles. The van der Waals surface area contributed by atoms with E-state index in [-0.39, 0.29) is 16.3 Å². The molecule has 2 unspecified atom stereocenters. The zero-order valence-corrected chi connectivity index (χ0v) is 13.1. The van der Waals surface area contributed by atoms with Gasteiger partial charge in [-0.1, -0.05) is 37.7 Å². The lowest BCUT2D eigenvalue weighted by atomic mass is 9.98. The van der Waals surface area contributed by atoms with Crippen LogP contribution in [0, 0.1) is 0 Å². The van der Waals surface area contributed by atoms with Crippen molar-refractivity contribution in [3.05, 3.63) is 29.8 Å². The number of nitrogens with zero attached hydrogens (tertiary/aromatic N) is 1. The maximum absolute atomic E-state index is 12.0. The fourth-order valence-corrected chi connectivity index (χ4v) is 3.38. The van der Waals surface area contributed by atoms with E-state index in [1.54, 1.807) is 11.8 Å². The van der Waals surface area contributed by atoms with E-state index < -0.39 is 0 Å². The Morgan fingerprint density at radius 2 is 2.05 bits per heavy atom. The Bertz CT molecular complexity index is 498. The van der Waals surface area contributed by atoms with Crippen molar-refractivity contribution in [3.63, 3.8) is 0 Å². The normalized spacial score (nSPS) is 20.2. The summed E-state index contributed by atoms with van der Waals surface area (Å²) in [5.74, 6) is 0.652. The topological polar surface area (TPSA) is 37.4 Å². The van der Waals surface area contributed by atoms with E-state index in [9.17, 15) is 9.59 Å². The van der Waals surface area contributed by atoms with Crippen molar-refractivity contribution in [2.75, 3.05) is 11.4 Å². The van der Waals surface area contributed by atoms with Gasteiger partial charge in [0, 0.05) is 30.8 Å². The first-order valence-electron chi connectivity index (χ1n) is 7.08. The monoisotopic (exact) mass is 291 g/mol. The van der Waals surface area contributed by atoms with Crippen LogP contribution in [-0.2, 0) is 9.59 Å². The zero-order valence-electron chi connectivity index (χ0n) is 12.3. The van der Waals surface area contributed by atoms with Crippen LogP contribution in [0.2, 0.25) is 0 Å². The Labute approximate surface area is 124 Å². The minimum Gasteiger partial charge on any atom is -0.311 e. The summed E-state index contributed by atoms with van der Waals surface area (Å²) in [5, 5.41) is 0.172. The van der Waals surface area contributed by atoms with Gasteiger partial charge in [0.15, 0.2) is 5.12 Å². The van der Waals surface area contributed by atoms with Gasteiger partial charge in [-0.05, 0) is 30.0 Å². The lowest BCUT2D eigenvalue weighted by Gasteiger charge is -2.18. The number of carbonyl (C=O) groups excluding carboxylic acids is 2. The van der Waals surface area contributed by atoms with Crippen molar-refractivity contribution >= 4 is 28.5 Å². The predicted octanol–water partition coefficient (Wildman–Crippen LogP) is 3.59. The van der Waals surface area contributed by atoms with Gasteiger partial charge in [-0.15, -0.1) is 0 Å². The largest absolute Gasteiger partial charge is 0.311 e. The Hall–Kier alpha value is -1.29. The van der Waals surface area contributed by atoms with Gasteiger partial charge in [-0.25, -0.2) is 0 Å². The highest BCUT2D eigenvalue weighted by atomic mass is 32.2. The maximum Gasteiger partial charge on any atom is 0.228 e. The van der Waals surface area contributed by atoms with Gasteiger partial charge >= 0.3 is 0 Å². The van der Waals surface area contributed by atoms with Crippen LogP contribution in [-0.4, -0.2) is 22.8 Å². The van der Waals surface area contributed by atoms with Crippen LogP contribution in [0.4, 0.5) is 5.69 Å². The summed E-state index contributed by atoms with van der Waals surface area (Å²) in [6, 6.07) is 8.23. The quantitative estimate of drug-likeness (QED) is 0.851. The standard InChI is InChI=1S/C16H21NO2S/c1-4-11(2)13-5-7-14(8-6-13)17-10-15(9-16(17)19)20-12(3)18/h5-8,11,15H,4,9-10H2,1-3H3. The van der Waals surface area contributed by atoms with E-state index in [1.807, 2.05) is 12.1 Å². The number of amides is 1. The summed E-state index contributed by atoms with van der Waals surface area (Å²) in [7, 11) is 0. The second-order valence-electron chi connectivity index (χ2n) is 5.34. The molecule has 0 bridgehead atoms. The summed E-state index contributed by atoms with van der Waals surface area (Å²) in [6.07, 6.45) is 1.57. The van der Waals surface area contributed by atoms with Gasteiger partial charge < -0.3 is 4.90 Å². The van der Waals surface area contributed by atoms with Gasteiger partial charge in [0.2, 0.25) is 5.91 Å². The summed E-state index contributed by atoms with van der Waals surface area (Å²) in [4.78, 5) is 25.0. The first kappa shape index (κ1) is 15.1. The van der Waals surface area contributed by atoms with Gasteiger partial charge in [0.25, 0.3) is 0 Å².